The first kappa shape index (κ1) is 15.8. The third-order valence-corrected chi connectivity index (χ3v) is 3.57. The molecule has 0 aliphatic carbocycles. The molecule has 1 aromatic rings. The van der Waals surface area contributed by atoms with E-state index in [2.05, 4.69) is 56.3 Å². The molecule has 0 atom stereocenters. The number of aromatic nitrogens is 1. The Hall–Kier alpha value is -1.25. The summed E-state index contributed by atoms with van der Waals surface area (Å²) in [6.07, 6.45) is 4.90. The third-order valence-electron chi connectivity index (χ3n) is 3.57. The maximum Gasteiger partial charge on any atom is 0.0547 e. The molecule has 0 fully saturated rings. The van der Waals surface area contributed by atoms with Gasteiger partial charge in [-0.15, -0.1) is 0 Å². The first-order chi connectivity index (χ1) is 9.04. The summed E-state index contributed by atoms with van der Waals surface area (Å²) >= 11 is 0. The van der Waals surface area contributed by atoms with Crippen LogP contribution in [0.3, 0.4) is 0 Å². The molecule has 3 nitrogen and oxygen atoms in total. The summed E-state index contributed by atoms with van der Waals surface area (Å²) in [5.74, 6) is 2.08. The molecule has 0 saturated carbocycles. The van der Waals surface area contributed by atoms with Gasteiger partial charge in [0.1, 0.15) is 0 Å². The Morgan fingerprint density at radius 3 is 2.11 bits per heavy atom. The molecule has 0 aliphatic rings. The maximum atomic E-state index is 4.28. The maximum absolute atomic E-state index is 4.28. The SMILES string of the molecule is CCCNc1cncc(NCC(C(C)C)C(C)C)c1. The molecule has 0 saturated heterocycles. The van der Waals surface area contributed by atoms with E-state index in [0.29, 0.717) is 17.8 Å². The lowest BCUT2D eigenvalue weighted by Crippen LogP contribution is -2.24. The molecular formula is C16H29N3. The summed E-state index contributed by atoms with van der Waals surface area (Å²) in [6.45, 7) is 13.3. The number of rotatable bonds is 8. The van der Waals surface area contributed by atoms with Crippen LogP contribution < -0.4 is 10.6 Å². The Morgan fingerprint density at radius 1 is 1.00 bits per heavy atom. The van der Waals surface area contributed by atoms with Gasteiger partial charge in [0, 0.05) is 13.1 Å². The van der Waals surface area contributed by atoms with Crippen LogP contribution in [0.4, 0.5) is 11.4 Å². The summed E-state index contributed by atoms with van der Waals surface area (Å²) in [6, 6.07) is 2.14. The Morgan fingerprint density at radius 2 is 1.58 bits per heavy atom. The number of pyridine rings is 1. The second-order valence-electron chi connectivity index (χ2n) is 5.92. The predicted molar refractivity (Wildman–Crippen MR) is 84.7 cm³/mol. The first-order valence-corrected chi connectivity index (χ1v) is 7.47. The van der Waals surface area contributed by atoms with Crippen molar-refractivity contribution in [3.8, 4) is 0 Å². The van der Waals surface area contributed by atoms with Gasteiger partial charge in [-0.1, -0.05) is 34.6 Å². The van der Waals surface area contributed by atoms with Crippen LogP contribution in [-0.4, -0.2) is 18.1 Å². The van der Waals surface area contributed by atoms with Crippen molar-refractivity contribution in [2.45, 2.75) is 41.0 Å². The number of hydrogen-bond donors (Lipinski definition) is 2. The molecule has 3 heteroatoms. The highest BCUT2D eigenvalue weighted by molar-refractivity contribution is 5.53. The Kier molecular flexibility index (Phi) is 6.68. The van der Waals surface area contributed by atoms with E-state index in [4.69, 9.17) is 0 Å². The van der Waals surface area contributed by atoms with Gasteiger partial charge in [-0.2, -0.15) is 0 Å². The highest BCUT2D eigenvalue weighted by Gasteiger charge is 2.16. The van der Waals surface area contributed by atoms with E-state index in [0.717, 1.165) is 30.9 Å². The van der Waals surface area contributed by atoms with Crippen LogP contribution >= 0.6 is 0 Å². The van der Waals surface area contributed by atoms with E-state index >= 15 is 0 Å². The lowest BCUT2D eigenvalue weighted by atomic mass is 9.85. The summed E-state index contributed by atoms with van der Waals surface area (Å²) in [5, 5.41) is 6.89. The van der Waals surface area contributed by atoms with Gasteiger partial charge in [-0.05, 0) is 30.2 Å². The molecule has 0 radical (unpaired) electrons. The summed E-state index contributed by atoms with van der Waals surface area (Å²) in [7, 11) is 0. The number of anilines is 2. The highest BCUT2D eigenvalue weighted by Crippen LogP contribution is 2.21. The van der Waals surface area contributed by atoms with Crippen molar-refractivity contribution in [1.82, 2.24) is 4.98 Å². The summed E-state index contributed by atoms with van der Waals surface area (Å²) < 4.78 is 0. The fraction of sp³-hybridized carbons (Fsp3) is 0.688. The van der Waals surface area contributed by atoms with Gasteiger partial charge in [0.05, 0.1) is 23.8 Å². The van der Waals surface area contributed by atoms with Crippen molar-refractivity contribution in [3.05, 3.63) is 18.5 Å². The van der Waals surface area contributed by atoms with Crippen LogP contribution in [0.1, 0.15) is 41.0 Å². The van der Waals surface area contributed by atoms with Gasteiger partial charge in [0.25, 0.3) is 0 Å². The largest absolute Gasteiger partial charge is 0.384 e. The van der Waals surface area contributed by atoms with Crippen LogP contribution in [0.5, 0.6) is 0 Å². The van der Waals surface area contributed by atoms with Crippen molar-refractivity contribution < 1.29 is 0 Å². The summed E-state index contributed by atoms with van der Waals surface area (Å²) in [4.78, 5) is 4.28. The lowest BCUT2D eigenvalue weighted by molar-refractivity contribution is 0.304. The molecule has 1 aromatic heterocycles. The van der Waals surface area contributed by atoms with Crippen molar-refractivity contribution >= 4 is 11.4 Å². The van der Waals surface area contributed by atoms with Gasteiger partial charge >= 0.3 is 0 Å². The van der Waals surface area contributed by atoms with E-state index in [1.807, 2.05) is 12.4 Å². The smallest absolute Gasteiger partial charge is 0.0547 e. The number of nitrogens with one attached hydrogen (secondary N) is 2. The standard InChI is InChI=1S/C16H29N3/c1-6-7-18-14-8-15(10-17-9-14)19-11-16(12(2)3)13(4)5/h8-10,12-13,16,18-19H,6-7,11H2,1-5H3. The topological polar surface area (TPSA) is 37.0 Å². The second kappa shape index (κ2) is 8.03. The van der Waals surface area contributed by atoms with Gasteiger partial charge in [-0.25, -0.2) is 0 Å². The summed E-state index contributed by atoms with van der Waals surface area (Å²) in [5.41, 5.74) is 2.20. The van der Waals surface area contributed by atoms with E-state index < -0.39 is 0 Å². The molecule has 0 aromatic carbocycles. The predicted octanol–water partition coefficient (Wildman–Crippen LogP) is 4.24. The van der Waals surface area contributed by atoms with Gasteiger partial charge in [-0.3, -0.25) is 4.98 Å². The number of hydrogen-bond acceptors (Lipinski definition) is 3. The average Bonchev–Trinajstić information content (AvgIpc) is 2.36. The fourth-order valence-electron chi connectivity index (χ4n) is 2.38. The molecule has 0 unspecified atom stereocenters. The average molecular weight is 263 g/mol. The van der Waals surface area contributed by atoms with Gasteiger partial charge in [0.2, 0.25) is 0 Å². The zero-order valence-electron chi connectivity index (χ0n) is 13.0. The van der Waals surface area contributed by atoms with E-state index in [9.17, 15) is 0 Å². The van der Waals surface area contributed by atoms with Gasteiger partial charge in [0.15, 0.2) is 0 Å². The van der Waals surface area contributed by atoms with E-state index in [-0.39, 0.29) is 0 Å². The van der Waals surface area contributed by atoms with Crippen molar-refractivity contribution in [3.63, 3.8) is 0 Å². The minimum atomic E-state index is 0.687. The Balaban J connectivity index is 2.56. The monoisotopic (exact) mass is 263 g/mol. The second-order valence-corrected chi connectivity index (χ2v) is 5.92. The Labute approximate surface area is 118 Å². The van der Waals surface area contributed by atoms with Crippen molar-refractivity contribution in [1.29, 1.82) is 0 Å². The molecule has 108 valence electrons. The molecule has 1 rings (SSSR count). The minimum Gasteiger partial charge on any atom is -0.384 e. The lowest BCUT2D eigenvalue weighted by Gasteiger charge is -2.25. The minimum absolute atomic E-state index is 0.687. The van der Waals surface area contributed by atoms with E-state index in [1.165, 1.54) is 0 Å². The Bertz CT molecular complexity index is 353. The zero-order chi connectivity index (χ0) is 14.3. The number of nitrogens with zero attached hydrogens (tertiary/aromatic N) is 1. The van der Waals surface area contributed by atoms with Crippen molar-refractivity contribution in [2.24, 2.45) is 17.8 Å². The van der Waals surface area contributed by atoms with Crippen LogP contribution in [-0.2, 0) is 0 Å². The molecule has 0 bridgehead atoms. The van der Waals surface area contributed by atoms with Crippen LogP contribution in [0, 0.1) is 17.8 Å². The molecule has 0 amide bonds. The molecule has 0 spiro atoms. The van der Waals surface area contributed by atoms with Crippen molar-refractivity contribution in [2.75, 3.05) is 23.7 Å². The molecule has 0 aliphatic heterocycles. The zero-order valence-corrected chi connectivity index (χ0v) is 13.0. The molecule has 1 heterocycles. The molecule has 19 heavy (non-hydrogen) atoms. The molecular weight excluding hydrogens is 234 g/mol. The van der Waals surface area contributed by atoms with Gasteiger partial charge < -0.3 is 10.6 Å². The van der Waals surface area contributed by atoms with Crippen LogP contribution in [0.25, 0.3) is 0 Å². The van der Waals surface area contributed by atoms with Crippen LogP contribution in [0.2, 0.25) is 0 Å². The van der Waals surface area contributed by atoms with E-state index in [1.54, 1.807) is 0 Å². The first-order valence-electron chi connectivity index (χ1n) is 7.47. The third kappa shape index (κ3) is 5.50. The molecule has 2 N–H and O–H groups in total. The fourth-order valence-corrected chi connectivity index (χ4v) is 2.38. The van der Waals surface area contributed by atoms with Crippen LogP contribution in [0.15, 0.2) is 18.5 Å². The normalized spacial score (nSPS) is 11.4. The highest BCUT2D eigenvalue weighted by atomic mass is 14.9. The quantitative estimate of drug-likeness (QED) is 0.736.